The van der Waals surface area contributed by atoms with Crippen molar-refractivity contribution in [1.82, 2.24) is 8.87 Å². The van der Waals surface area contributed by atoms with Gasteiger partial charge in [-0.15, -0.1) is 0 Å². The van der Waals surface area contributed by atoms with E-state index in [0.717, 1.165) is 35.3 Å². The van der Waals surface area contributed by atoms with E-state index in [-0.39, 0.29) is 18.0 Å². The van der Waals surface area contributed by atoms with Crippen molar-refractivity contribution in [2.24, 2.45) is 0 Å². The summed E-state index contributed by atoms with van der Waals surface area (Å²) in [7, 11) is -3.90. The minimum atomic E-state index is -3.90. The van der Waals surface area contributed by atoms with Crippen LogP contribution in [-0.4, -0.2) is 30.4 Å². The lowest BCUT2D eigenvalue weighted by Crippen LogP contribution is -2.51. The van der Waals surface area contributed by atoms with Crippen LogP contribution in [0.3, 0.4) is 0 Å². The number of hydrogen-bond acceptors (Lipinski definition) is 3. The van der Waals surface area contributed by atoms with Crippen molar-refractivity contribution in [3.8, 4) is 5.69 Å². The van der Waals surface area contributed by atoms with Crippen molar-refractivity contribution < 1.29 is 17.2 Å². The number of benzene rings is 2. The van der Waals surface area contributed by atoms with Gasteiger partial charge in [0.05, 0.1) is 21.8 Å². The molecule has 1 fully saturated rings. The lowest BCUT2D eigenvalue weighted by Gasteiger charge is -2.46. The van der Waals surface area contributed by atoms with E-state index >= 15 is 0 Å². The molecule has 162 valence electrons. The molecule has 2 aliphatic heterocycles. The quantitative estimate of drug-likeness (QED) is 0.636. The number of sulfonamides is 1. The number of anilines is 1. The van der Waals surface area contributed by atoms with Crippen LogP contribution in [0.25, 0.3) is 5.69 Å². The number of halogens is 2. The first kappa shape index (κ1) is 20.2. The van der Waals surface area contributed by atoms with E-state index in [4.69, 9.17) is 0 Å². The molecule has 2 aliphatic rings. The third-order valence-corrected chi connectivity index (χ3v) is 8.56. The van der Waals surface area contributed by atoms with Gasteiger partial charge in [-0.25, -0.2) is 17.2 Å². The van der Waals surface area contributed by atoms with Crippen molar-refractivity contribution in [3.63, 3.8) is 0 Å². The van der Waals surface area contributed by atoms with Gasteiger partial charge >= 0.3 is 0 Å². The van der Waals surface area contributed by atoms with Crippen LogP contribution < -0.4 is 5.32 Å². The van der Waals surface area contributed by atoms with Gasteiger partial charge in [0.2, 0.25) is 10.0 Å². The summed E-state index contributed by atoms with van der Waals surface area (Å²) in [5, 5.41) is 3.70. The smallest absolute Gasteiger partial charge is 0.243 e. The molecule has 3 aromatic rings. The highest BCUT2D eigenvalue weighted by Crippen LogP contribution is 2.45. The normalized spacial score (nSPS) is 17.8. The minimum Gasteiger partial charge on any atom is -0.372 e. The molecule has 0 radical (unpaired) electrons. The number of hydrogen-bond donors (Lipinski definition) is 1. The zero-order chi connectivity index (χ0) is 22.0. The molecule has 0 saturated carbocycles. The first-order valence-corrected chi connectivity index (χ1v) is 11.7. The van der Waals surface area contributed by atoms with Crippen molar-refractivity contribution in [3.05, 3.63) is 77.1 Å². The van der Waals surface area contributed by atoms with Crippen LogP contribution in [0, 0.1) is 25.5 Å². The van der Waals surface area contributed by atoms with Crippen LogP contribution in [0.1, 0.15) is 29.7 Å². The van der Waals surface area contributed by atoms with E-state index in [1.54, 1.807) is 0 Å². The van der Waals surface area contributed by atoms with Crippen molar-refractivity contribution in [2.75, 3.05) is 18.4 Å². The molecule has 5 nitrogen and oxygen atoms in total. The van der Waals surface area contributed by atoms with Crippen molar-refractivity contribution in [2.45, 2.75) is 37.1 Å². The maximum atomic E-state index is 13.6. The van der Waals surface area contributed by atoms with Gasteiger partial charge in [0.25, 0.3) is 0 Å². The summed E-state index contributed by atoms with van der Waals surface area (Å²) in [5.74, 6) is -2.23. The van der Waals surface area contributed by atoms with E-state index in [2.05, 4.69) is 41.9 Å². The Hall–Kier alpha value is -2.71. The molecule has 1 aromatic heterocycles. The molecule has 8 heteroatoms. The number of aryl methyl sites for hydroxylation is 1. The number of piperidine rings is 1. The molecule has 0 atom stereocenters. The monoisotopic (exact) mass is 443 g/mol. The van der Waals surface area contributed by atoms with E-state index in [1.165, 1.54) is 15.4 Å². The zero-order valence-electron chi connectivity index (χ0n) is 17.3. The first-order valence-electron chi connectivity index (χ1n) is 10.2. The molecule has 1 spiro atoms. The molecule has 0 aliphatic carbocycles. The van der Waals surface area contributed by atoms with Gasteiger partial charge in [-0.1, -0.05) is 6.07 Å². The molecule has 1 saturated heterocycles. The highest BCUT2D eigenvalue weighted by atomic mass is 32.2. The Bertz CT molecular complexity index is 1290. The third kappa shape index (κ3) is 3.00. The summed E-state index contributed by atoms with van der Waals surface area (Å²) < 4.78 is 56.5. The second kappa shape index (κ2) is 6.90. The highest BCUT2D eigenvalue weighted by Gasteiger charge is 2.44. The molecule has 2 aromatic carbocycles. The second-order valence-electron chi connectivity index (χ2n) is 8.35. The van der Waals surface area contributed by atoms with Crippen molar-refractivity contribution >= 4 is 15.7 Å². The van der Waals surface area contributed by atoms with Gasteiger partial charge in [0.1, 0.15) is 0 Å². The fourth-order valence-corrected chi connectivity index (χ4v) is 6.23. The maximum Gasteiger partial charge on any atom is 0.243 e. The lowest BCUT2D eigenvalue weighted by molar-refractivity contribution is 0.247. The van der Waals surface area contributed by atoms with Gasteiger partial charge < -0.3 is 9.88 Å². The van der Waals surface area contributed by atoms with E-state index in [9.17, 15) is 17.2 Å². The number of nitrogens with zero attached hydrogens (tertiary/aromatic N) is 2. The third-order valence-electron chi connectivity index (χ3n) is 6.66. The van der Waals surface area contributed by atoms with Gasteiger partial charge in [0.15, 0.2) is 11.6 Å². The predicted octanol–water partition coefficient (Wildman–Crippen LogP) is 4.48. The molecule has 0 amide bonds. The Morgan fingerprint density at radius 3 is 2.45 bits per heavy atom. The molecule has 0 bridgehead atoms. The number of nitrogens with one attached hydrogen (secondary N) is 1. The molecule has 5 rings (SSSR count). The number of fused-ring (bicyclic) bond motifs is 4. The summed E-state index contributed by atoms with van der Waals surface area (Å²) in [6.45, 7) is 4.75. The van der Waals surface area contributed by atoms with Gasteiger partial charge in [0, 0.05) is 25.0 Å². The zero-order valence-corrected chi connectivity index (χ0v) is 18.1. The van der Waals surface area contributed by atoms with Crippen LogP contribution in [-0.2, 0) is 15.6 Å². The summed E-state index contributed by atoms with van der Waals surface area (Å²) in [6.07, 6.45) is 3.17. The maximum absolute atomic E-state index is 13.6. The largest absolute Gasteiger partial charge is 0.372 e. The highest BCUT2D eigenvalue weighted by molar-refractivity contribution is 7.89. The Morgan fingerprint density at radius 2 is 1.74 bits per heavy atom. The average molecular weight is 444 g/mol. The molecular formula is C23H23F2N3O2S. The molecule has 31 heavy (non-hydrogen) atoms. The molecule has 0 unspecified atom stereocenters. The Balaban J connectivity index is 1.46. The summed E-state index contributed by atoms with van der Waals surface area (Å²) in [5.41, 5.74) is 5.29. The predicted molar refractivity (Wildman–Crippen MR) is 115 cm³/mol. The SMILES string of the molecule is Cc1ccc2c(c1C)-n1cccc1C1(CCN(S(=O)(=O)c3ccc(F)c(F)c3)CC1)N2. The summed E-state index contributed by atoms with van der Waals surface area (Å²) in [4.78, 5) is -0.223. The summed E-state index contributed by atoms with van der Waals surface area (Å²) >= 11 is 0. The lowest BCUT2D eigenvalue weighted by atomic mass is 9.82. The van der Waals surface area contributed by atoms with Crippen LogP contribution in [0.4, 0.5) is 14.5 Å². The van der Waals surface area contributed by atoms with Gasteiger partial charge in [-0.05, 0) is 74.2 Å². The fraction of sp³-hybridized carbons (Fsp3) is 0.304. The van der Waals surface area contributed by atoms with Crippen LogP contribution in [0.15, 0.2) is 53.6 Å². The topological polar surface area (TPSA) is 54.3 Å². The standard InChI is InChI=1S/C23H23F2N3O2S/c1-15-5-8-20-22(16(15)2)28-11-3-4-21(28)23(26-20)9-12-27(13-10-23)31(29,30)17-6-7-18(24)19(25)14-17/h3-8,11,14,26H,9-10,12-13H2,1-2H3. The molecular weight excluding hydrogens is 420 g/mol. The van der Waals surface area contributed by atoms with Gasteiger partial charge in [-0.3, -0.25) is 0 Å². The van der Waals surface area contributed by atoms with E-state index in [1.807, 2.05) is 12.3 Å². The Morgan fingerprint density at radius 1 is 1.00 bits per heavy atom. The van der Waals surface area contributed by atoms with Gasteiger partial charge in [-0.2, -0.15) is 4.31 Å². The minimum absolute atomic E-state index is 0.223. The van der Waals surface area contributed by atoms with Crippen LogP contribution >= 0.6 is 0 Å². The number of rotatable bonds is 2. The average Bonchev–Trinajstić information content (AvgIpc) is 3.24. The molecule has 3 heterocycles. The van der Waals surface area contributed by atoms with Crippen molar-refractivity contribution in [1.29, 1.82) is 0 Å². The number of aromatic nitrogens is 1. The Labute approximate surface area is 180 Å². The van der Waals surface area contributed by atoms with E-state index < -0.39 is 27.2 Å². The molecule has 1 N–H and O–H groups in total. The van der Waals surface area contributed by atoms with Crippen LogP contribution in [0.5, 0.6) is 0 Å². The first-order chi connectivity index (χ1) is 14.7. The van der Waals surface area contributed by atoms with Crippen LogP contribution in [0.2, 0.25) is 0 Å². The van der Waals surface area contributed by atoms with E-state index in [0.29, 0.717) is 12.8 Å². The fourth-order valence-electron chi connectivity index (χ4n) is 4.78. The summed E-state index contributed by atoms with van der Waals surface area (Å²) in [6, 6.07) is 11.0. The Kier molecular flexibility index (Phi) is 4.50. The second-order valence-corrected chi connectivity index (χ2v) is 10.3.